The molecular formula is C22H26ClFN2O3S. The van der Waals surface area contributed by atoms with Gasteiger partial charge in [0.1, 0.15) is 5.82 Å². The van der Waals surface area contributed by atoms with E-state index >= 15 is 0 Å². The maximum atomic E-state index is 14.0. The molecule has 2 aromatic rings. The molecule has 8 heteroatoms. The monoisotopic (exact) mass is 452 g/mol. The van der Waals surface area contributed by atoms with Gasteiger partial charge in [-0.2, -0.15) is 0 Å². The Morgan fingerprint density at radius 1 is 1.17 bits per heavy atom. The van der Waals surface area contributed by atoms with Gasteiger partial charge in [0.15, 0.2) is 0 Å². The number of hydrogen-bond acceptors (Lipinski definition) is 3. The average Bonchev–Trinajstić information content (AvgIpc) is 2.72. The summed E-state index contributed by atoms with van der Waals surface area (Å²) in [5.74, 6) is -1.31. The minimum Gasteiger partial charge on any atom is -0.341 e. The van der Waals surface area contributed by atoms with Gasteiger partial charge in [0.05, 0.1) is 5.75 Å². The second-order valence-corrected chi connectivity index (χ2v) is 10.2. The molecule has 3 rings (SSSR count). The predicted octanol–water partition coefficient (Wildman–Crippen LogP) is 3.99. The fourth-order valence-electron chi connectivity index (χ4n) is 3.68. The molecule has 0 aromatic heterocycles. The van der Waals surface area contributed by atoms with Crippen molar-refractivity contribution in [2.75, 3.05) is 20.1 Å². The lowest BCUT2D eigenvalue weighted by atomic mass is 9.96. The van der Waals surface area contributed by atoms with E-state index in [2.05, 4.69) is 0 Å². The van der Waals surface area contributed by atoms with E-state index in [0.29, 0.717) is 19.4 Å². The zero-order chi connectivity index (χ0) is 21.9. The van der Waals surface area contributed by atoms with Crippen LogP contribution in [0, 0.1) is 18.7 Å². The van der Waals surface area contributed by atoms with Gasteiger partial charge in [-0.05, 0) is 37.5 Å². The molecule has 1 heterocycles. The molecule has 1 fully saturated rings. The number of nitrogens with zero attached hydrogens (tertiary/aromatic N) is 2. The molecule has 0 saturated carbocycles. The minimum absolute atomic E-state index is 0.0183. The lowest BCUT2D eigenvalue weighted by molar-refractivity contribution is -0.135. The number of piperidine rings is 1. The van der Waals surface area contributed by atoms with Crippen molar-refractivity contribution in [1.82, 2.24) is 9.21 Å². The molecule has 5 nitrogen and oxygen atoms in total. The van der Waals surface area contributed by atoms with Gasteiger partial charge in [-0.3, -0.25) is 4.79 Å². The molecular weight excluding hydrogens is 427 g/mol. The Morgan fingerprint density at radius 2 is 1.80 bits per heavy atom. The Bertz CT molecular complexity index is 983. The van der Waals surface area contributed by atoms with Gasteiger partial charge in [-0.1, -0.05) is 47.5 Å². The standard InChI is InChI=1S/C22H26ClFN2O3S/c1-16-6-8-17(9-7-16)14-25(2)22(27)18-10-12-26(13-11-18)30(28,29)15-19-20(23)4-3-5-21(19)24/h3-9,18H,10-15H2,1-2H3. The fourth-order valence-corrected chi connectivity index (χ4v) is 5.60. The quantitative estimate of drug-likeness (QED) is 0.666. The number of rotatable bonds is 6. The number of halogens is 2. The Morgan fingerprint density at radius 3 is 2.40 bits per heavy atom. The molecule has 0 unspecified atom stereocenters. The first-order valence-corrected chi connectivity index (χ1v) is 11.9. The lowest BCUT2D eigenvalue weighted by Crippen LogP contribution is -2.43. The number of amides is 1. The van der Waals surface area contributed by atoms with Crippen molar-refractivity contribution in [3.05, 3.63) is 70.0 Å². The first kappa shape index (κ1) is 22.7. The molecule has 0 N–H and O–H groups in total. The van der Waals surface area contributed by atoms with Crippen molar-refractivity contribution in [2.45, 2.75) is 32.1 Å². The lowest BCUT2D eigenvalue weighted by Gasteiger charge is -2.32. The van der Waals surface area contributed by atoms with E-state index in [9.17, 15) is 17.6 Å². The second kappa shape index (κ2) is 9.45. The number of sulfonamides is 1. The van der Waals surface area contributed by atoms with E-state index in [1.807, 2.05) is 31.2 Å². The summed E-state index contributed by atoms with van der Waals surface area (Å²) >= 11 is 5.98. The molecule has 1 saturated heterocycles. The van der Waals surface area contributed by atoms with Crippen LogP contribution in [-0.2, 0) is 27.1 Å². The third kappa shape index (κ3) is 5.39. The van der Waals surface area contributed by atoms with Gasteiger partial charge in [0.25, 0.3) is 0 Å². The molecule has 162 valence electrons. The highest BCUT2D eigenvalue weighted by Crippen LogP contribution is 2.26. The highest BCUT2D eigenvalue weighted by atomic mass is 35.5. The summed E-state index contributed by atoms with van der Waals surface area (Å²) in [5.41, 5.74) is 2.20. The summed E-state index contributed by atoms with van der Waals surface area (Å²) in [5, 5.41) is 0.0985. The van der Waals surface area contributed by atoms with E-state index in [1.165, 1.54) is 22.5 Å². The van der Waals surface area contributed by atoms with Crippen LogP contribution < -0.4 is 0 Å². The van der Waals surface area contributed by atoms with Crippen LogP contribution in [0.15, 0.2) is 42.5 Å². The van der Waals surface area contributed by atoms with E-state index in [4.69, 9.17) is 11.6 Å². The van der Waals surface area contributed by atoms with Gasteiger partial charge in [0.2, 0.25) is 15.9 Å². The summed E-state index contributed by atoms with van der Waals surface area (Å²) in [7, 11) is -1.95. The van der Waals surface area contributed by atoms with E-state index in [0.717, 1.165) is 11.1 Å². The smallest absolute Gasteiger partial charge is 0.225 e. The Labute approximate surface area is 182 Å². The van der Waals surface area contributed by atoms with Crippen LogP contribution in [0.3, 0.4) is 0 Å². The Hall–Kier alpha value is -1.96. The van der Waals surface area contributed by atoms with Crippen molar-refractivity contribution in [1.29, 1.82) is 0 Å². The highest BCUT2D eigenvalue weighted by molar-refractivity contribution is 7.88. The highest BCUT2D eigenvalue weighted by Gasteiger charge is 2.33. The molecule has 2 aromatic carbocycles. The average molecular weight is 453 g/mol. The van der Waals surface area contributed by atoms with Gasteiger partial charge < -0.3 is 4.90 Å². The number of carbonyl (C=O) groups excluding carboxylic acids is 1. The van der Waals surface area contributed by atoms with E-state index in [-0.39, 0.29) is 35.5 Å². The van der Waals surface area contributed by atoms with Gasteiger partial charge in [0, 0.05) is 43.2 Å². The summed E-state index contributed by atoms with van der Waals surface area (Å²) in [6, 6.07) is 12.1. The maximum Gasteiger partial charge on any atom is 0.225 e. The minimum atomic E-state index is -3.72. The van der Waals surface area contributed by atoms with Crippen LogP contribution in [0.5, 0.6) is 0 Å². The molecule has 0 bridgehead atoms. The van der Waals surface area contributed by atoms with Gasteiger partial charge in [-0.25, -0.2) is 17.1 Å². The Balaban J connectivity index is 1.58. The summed E-state index contributed by atoms with van der Waals surface area (Å²) < 4.78 is 40.8. The van der Waals surface area contributed by atoms with Crippen LogP contribution in [0.4, 0.5) is 4.39 Å². The van der Waals surface area contributed by atoms with Gasteiger partial charge >= 0.3 is 0 Å². The molecule has 0 radical (unpaired) electrons. The zero-order valence-corrected chi connectivity index (χ0v) is 18.7. The van der Waals surface area contributed by atoms with Crippen molar-refractivity contribution >= 4 is 27.5 Å². The molecule has 1 aliphatic rings. The Kier molecular flexibility index (Phi) is 7.16. The second-order valence-electron chi connectivity index (χ2n) is 7.81. The summed E-state index contributed by atoms with van der Waals surface area (Å²) in [6.45, 7) is 3.01. The fraction of sp³-hybridized carbons (Fsp3) is 0.409. The first-order valence-electron chi connectivity index (χ1n) is 9.88. The summed E-state index contributed by atoms with van der Waals surface area (Å²) in [4.78, 5) is 14.5. The number of carbonyl (C=O) groups is 1. The number of hydrogen-bond donors (Lipinski definition) is 0. The largest absolute Gasteiger partial charge is 0.341 e. The van der Waals surface area contributed by atoms with Crippen LogP contribution in [0.25, 0.3) is 0 Å². The maximum absolute atomic E-state index is 14.0. The van der Waals surface area contributed by atoms with Crippen LogP contribution in [-0.4, -0.2) is 43.7 Å². The number of benzene rings is 2. The zero-order valence-electron chi connectivity index (χ0n) is 17.1. The van der Waals surface area contributed by atoms with Crippen LogP contribution >= 0.6 is 11.6 Å². The SMILES string of the molecule is Cc1ccc(CN(C)C(=O)C2CCN(S(=O)(=O)Cc3c(F)cccc3Cl)CC2)cc1. The van der Waals surface area contributed by atoms with Crippen molar-refractivity contribution in [3.8, 4) is 0 Å². The number of aryl methyl sites for hydroxylation is 1. The normalized spacial score (nSPS) is 15.9. The van der Waals surface area contributed by atoms with Crippen molar-refractivity contribution in [2.24, 2.45) is 5.92 Å². The molecule has 0 atom stereocenters. The molecule has 0 aliphatic carbocycles. The van der Waals surface area contributed by atoms with E-state index < -0.39 is 21.6 Å². The van der Waals surface area contributed by atoms with Crippen LogP contribution in [0.2, 0.25) is 5.02 Å². The van der Waals surface area contributed by atoms with Gasteiger partial charge in [-0.15, -0.1) is 0 Å². The molecule has 1 aliphatic heterocycles. The topological polar surface area (TPSA) is 57.7 Å². The predicted molar refractivity (Wildman–Crippen MR) is 116 cm³/mol. The summed E-state index contributed by atoms with van der Waals surface area (Å²) in [6.07, 6.45) is 0.891. The molecule has 0 spiro atoms. The van der Waals surface area contributed by atoms with E-state index in [1.54, 1.807) is 11.9 Å². The van der Waals surface area contributed by atoms with Crippen LogP contribution in [0.1, 0.15) is 29.5 Å². The molecule has 30 heavy (non-hydrogen) atoms. The third-order valence-corrected chi connectivity index (χ3v) is 7.66. The third-order valence-electron chi connectivity index (χ3n) is 5.50. The molecule has 1 amide bonds. The van der Waals surface area contributed by atoms with Crippen molar-refractivity contribution in [3.63, 3.8) is 0 Å². The first-order chi connectivity index (χ1) is 14.2. The van der Waals surface area contributed by atoms with Crippen molar-refractivity contribution < 1.29 is 17.6 Å².